The number of hydrogen-bond acceptors (Lipinski definition) is 3. The summed E-state index contributed by atoms with van der Waals surface area (Å²) >= 11 is 0. The molecule has 0 aromatic heterocycles. The van der Waals surface area contributed by atoms with Crippen molar-refractivity contribution >= 4 is 17.5 Å². The Hall–Kier alpha value is -1.88. The van der Waals surface area contributed by atoms with E-state index in [1.54, 1.807) is 0 Å². The molecule has 1 atom stereocenters. The van der Waals surface area contributed by atoms with Crippen LogP contribution < -0.4 is 10.6 Å². The topological polar surface area (TPSA) is 67.4 Å². The predicted molar refractivity (Wildman–Crippen MR) is 76.4 cm³/mol. The summed E-state index contributed by atoms with van der Waals surface area (Å²) in [6, 6.07) is 7.45. The summed E-state index contributed by atoms with van der Waals surface area (Å²) in [5.41, 5.74) is 1.82. The number of carbonyl (C=O) groups excluding carboxylic acids is 2. The lowest BCUT2D eigenvalue weighted by atomic mass is 10.2. The molecule has 0 bridgehead atoms. The fourth-order valence-corrected chi connectivity index (χ4v) is 2.08. The minimum atomic E-state index is -0.307. The zero-order chi connectivity index (χ0) is 14.4. The monoisotopic (exact) mass is 276 g/mol. The molecule has 1 unspecified atom stereocenters. The lowest BCUT2D eigenvalue weighted by Crippen LogP contribution is -2.34. The van der Waals surface area contributed by atoms with Gasteiger partial charge in [0.05, 0.1) is 6.10 Å². The quantitative estimate of drug-likeness (QED) is 0.803. The number of amides is 2. The largest absolute Gasteiger partial charge is 0.376 e. The maximum Gasteiger partial charge on any atom is 0.233 e. The van der Waals surface area contributed by atoms with Crippen LogP contribution in [-0.4, -0.2) is 31.1 Å². The van der Waals surface area contributed by atoms with Crippen LogP contribution in [0.4, 0.5) is 5.69 Å². The molecule has 2 rings (SSSR count). The summed E-state index contributed by atoms with van der Waals surface area (Å²) in [5.74, 6) is -0.580. The Morgan fingerprint density at radius 2 is 2.00 bits per heavy atom. The van der Waals surface area contributed by atoms with E-state index in [2.05, 4.69) is 10.6 Å². The van der Waals surface area contributed by atoms with Crippen LogP contribution in [0.25, 0.3) is 0 Å². The van der Waals surface area contributed by atoms with Crippen molar-refractivity contribution in [2.45, 2.75) is 32.3 Å². The lowest BCUT2D eigenvalue weighted by molar-refractivity contribution is -0.127. The number of carbonyl (C=O) groups is 2. The maximum absolute atomic E-state index is 11.7. The summed E-state index contributed by atoms with van der Waals surface area (Å²) in [4.78, 5) is 23.3. The minimum Gasteiger partial charge on any atom is -0.376 e. The van der Waals surface area contributed by atoms with Crippen molar-refractivity contribution in [2.75, 3.05) is 18.5 Å². The molecule has 1 fully saturated rings. The summed E-state index contributed by atoms with van der Waals surface area (Å²) < 4.78 is 5.40. The van der Waals surface area contributed by atoms with Gasteiger partial charge in [-0.2, -0.15) is 0 Å². The molecule has 1 aliphatic heterocycles. The highest BCUT2D eigenvalue weighted by molar-refractivity contribution is 6.03. The second-order valence-electron chi connectivity index (χ2n) is 5.03. The molecule has 1 saturated heterocycles. The molecule has 5 nitrogen and oxygen atoms in total. The Balaban J connectivity index is 1.70. The van der Waals surface area contributed by atoms with Crippen molar-refractivity contribution in [3.8, 4) is 0 Å². The molecule has 1 aliphatic rings. The number of hydrogen-bond donors (Lipinski definition) is 2. The number of benzene rings is 1. The Morgan fingerprint density at radius 3 is 2.65 bits per heavy atom. The number of anilines is 1. The van der Waals surface area contributed by atoms with E-state index in [9.17, 15) is 9.59 Å². The van der Waals surface area contributed by atoms with E-state index >= 15 is 0 Å². The summed E-state index contributed by atoms with van der Waals surface area (Å²) in [5, 5.41) is 5.42. The van der Waals surface area contributed by atoms with Crippen molar-refractivity contribution in [3.05, 3.63) is 29.8 Å². The first-order valence-electron chi connectivity index (χ1n) is 6.88. The Labute approximate surface area is 118 Å². The van der Waals surface area contributed by atoms with Crippen LogP contribution in [0.3, 0.4) is 0 Å². The van der Waals surface area contributed by atoms with Crippen LogP contribution in [-0.2, 0) is 14.3 Å². The van der Waals surface area contributed by atoms with Gasteiger partial charge in [0, 0.05) is 18.8 Å². The molecule has 1 aromatic rings. The highest BCUT2D eigenvalue weighted by Gasteiger charge is 2.17. The number of ether oxygens (including phenoxy) is 1. The van der Waals surface area contributed by atoms with Gasteiger partial charge in [-0.25, -0.2) is 0 Å². The zero-order valence-electron chi connectivity index (χ0n) is 11.6. The Kier molecular flexibility index (Phi) is 5.12. The van der Waals surface area contributed by atoms with E-state index in [4.69, 9.17) is 4.74 Å². The van der Waals surface area contributed by atoms with Crippen molar-refractivity contribution in [1.82, 2.24) is 5.32 Å². The third-order valence-electron chi connectivity index (χ3n) is 3.21. The molecular weight excluding hydrogens is 256 g/mol. The van der Waals surface area contributed by atoms with E-state index in [0.29, 0.717) is 12.2 Å². The fraction of sp³-hybridized carbons (Fsp3) is 0.467. The number of aryl methyl sites for hydroxylation is 1. The molecular formula is C15H20N2O3. The van der Waals surface area contributed by atoms with Crippen LogP contribution in [0.2, 0.25) is 0 Å². The van der Waals surface area contributed by atoms with E-state index in [1.165, 1.54) is 0 Å². The highest BCUT2D eigenvalue weighted by atomic mass is 16.5. The van der Waals surface area contributed by atoms with Gasteiger partial charge in [0.25, 0.3) is 0 Å². The van der Waals surface area contributed by atoms with Gasteiger partial charge >= 0.3 is 0 Å². The van der Waals surface area contributed by atoms with Crippen LogP contribution in [0, 0.1) is 6.92 Å². The van der Waals surface area contributed by atoms with E-state index in [0.717, 1.165) is 25.0 Å². The SMILES string of the molecule is Cc1ccc(NC(=O)CC(=O)NCC2CCCO2)cc1. The molecule has 108 valence electrons. The van der Waals surface area contributed by atoms with Gasteiger partial charge < -0.3 is 15.4 Å². The highest BCUT2D eigenvalue weighted by Crippen LogP contribution is 2.11. The maximum atomic E-state index is 11.7. The predicted octanol–water partition coefficient (Wildman–Crippen LogP) is 1.62. The number of nitrogens with one attached hydrogen (secondary N) is 2. The molecule has 0 radical (unpaired) electrons. The normalized spacial score (nSPS) is 17.8. The standard InChI is InChI=1S/C15H20N2O3/c1-11-4-6-12(7-5-11)17-15(19)9-14(18)16-10-13-3-2-8-20-13/h4-7,13H,2-3,8-10H2,1H3,(H,16,18)(H,17,19). The third kappa shape index (κ3) is 4.66. The van der Waals surface area contributed by atoms with Gasteiger partial charge in [0.15, 0.2) is 0 Å². The lowest BCUT2D eigenvalue weighted by Gasteiger charge is -2.10. The Morgan fingerprint density at radius 1 is 1.25 bits per heavy atom. The second-order valence-corrected chi connectivity index (χ2v) is 5.03. The molecule has 2 amide bonds. The average molecular weight is 276 g/mol. The average Bonchev–Trinajstić information content (AvgIpc) is 2.92. The minimum absolute atomic E-state index is 0.0964. The van der Waals surface area contributed by atoms with E-state index in [1.807, 2.05) is 31.2 Å². The number of rotatable bonds is 5. The molecule has 0 spiro atoms. The molecule has 1 aromatic carbocycles. The van der Waals surface area contributed by atoms with Crippen molar-refractivity contribution in [3.63, 3.8) is 0 Å². The first-order chi connectivity index (χ1) is 9.63. The van der Waals surface area contributed by atoms with Crippen LogP contribution in [0.15, 0.2) is 24.3 Å². The summed E-state index contributed by atoms with van der Waals surface area (Å²) in [6.45, 7) is 3.22. The zero-order valence-corrected chi connectivity index (χ0v) is 11.6. The smallest absolute Gasteiger partial charge is 0.233 e. The third-order valence-corrected chi connectivity index (χ3v) is 3.21. The van der Waals surface area contributed by atoms with Crippen molar-refractivity contribution < 1.29 is 14.3 Å². The van der Waals surface area contributed by atoms with Gasteiger partial charge in [0.1, 0.15) is 6.42 Å². The van der Waals surface area contributed by atoms with Crippen LogP contribution in [0.5, 0.6) is 0 Å². The molecule has 20 heavy (non-hydrogen) atoms. The van der Waals surface area contributed by atoms with Gasteiger partial charge in [0.2, 0.25) is 11.8 Å². The fourth-order valence-electron chi connectivity index (χ4n) is 2.08. The molecule has 1 heterocycles. The molecule has 5 heteroatoms. The molecule has 0 aliphatic carbocycles. The van der Waals surface area contributed by atoms with Crippen LogP contribution >= 0.6 is 0 Å². The van der Waals surface area contributed by atoms with E-state index < -0.39 is 0 Å². The molecule has 0 saturated carbocycles. The second kappa shape index (κ2) is 7.05. The van der Waals surface area contributed by atoms with Gasteiger partial charge in [-0.15, -0.1) is 0 Å². The van der Waals surface area contributed by atoms with E-state index in [-0.39, 0.29) is 24.3 Å². The first-order valence-corrected chi connectivity index (χ1v) is 6.88. The Bertz CT molecular complexity index is 465. The summed E-state index contributed by atoms with van der Waals surface area (Å²) in [7, 11) is 0. The van der Waals surface area contributed by atoms with Crippen LogP contribution in [0.1, 0.15) is 24.8 Å². The van der Waals surface area contributed by atoms with Crippen molar-refractivity contribution in [2.24, 2.45) is 0 Å². The van der Waals surface area contributed by atoms with Gasteiger partial charge in [-0.3, -0.25) is 9.59 Å². The van der Waals surface area contributed by atoms with Crippen molar-refractivity contribution in [1.29, 1.82) is 0 Å². The van der Waals surface area contributed by atoms with Gasteiger partial charge in [-0.1, -0.05) is 17.7 Å². The first kappa shape index (κ1) is 14.5. The molecule has 2 N–H and O–H groups in total. The summed E-state index contributed by atoms with van der Waals surface area (Å²) in [6.07, 6.45) is 1.93. The van der Waals surface area contributed by atoms with Gasteiger partial charge in [-0.05, 0) is 31.9 Å².